The molecule has 0 spiro atoms. The van der Waals surface area contributed by atoms with Crippen LogP contribution >= 0.6 is 0 Å². The fourth-order valence-corrected chi connectivity index (χ4v) is 3.65. The zero-order valence-corrected chi connectivity index (χ0v) is 15.8. The maximum absolute atomic E-state index is 10.7. The highest BCUT2D eigenvalue weighted by Crippen LogP contribution is 2.37. The van der Waals surface area contributed by atoms with Gasteiger partial charge in [0.15, 0.2) is 0 Å². The fourth-order valence-electron chi connectivity index (χ4n) is 3.65. The van der Waals surface area contributed by atoms with Crippen LogP contribution in [0.25, 0.3) is 0 Å². The third kappa shape index (κ3) is 4.57. The van der Waals surface area contributed by atoms with E-state index in [0.29, 0.717) is 24.0 Å². The molecular formula is C22H30N2O2. The van der Waals surface area contributed by atoms with Crippen molar-refractivity contribution in [2.45, 2.75) is 32.9 Å². The lowest BCUT2D eigenvalue weighted by Crippen LogP contribution is -2.46. The average molecular weight is 354 g/mol. The maximum atomic E-state index is 10.7. The summed E-state index contributed by atoms with van der Waals surface area (Å²) in [4.78, 5) is 2.49. The number of ether oxygens (including phenoxy) is 1. The normalized spacial score (nSPS) is 17.6. The van der Waals surface area contributed by atoms with Gasteiger partial charge in [0.1, 0.15) is 18.1 Å². The van der Waals surface area contributed by atoms with Gasteiger partial charge in [0, 0.05) is 43.9 Å². The summed E-state index contributed by atoms with van der Waals surface area (Å²) in [7, 11) is 0. The molecule has 0 radical (unpaired) electrons. The molecule has 140 valence electrons. The predicted molar refractivity (Wildman–Crippen MR) is 106 cm³/mol. The fraction of sp³-hybridized carbons (Fsp3) is 0.455. The number of benzene rings is 2. The molecule has 1 fully saturated rings. The Morgan fingerprint density at radius 1 is 1.12 bits per heavy atom. The van der Waals surface area contributed by atoms with Crippen molar-refractivity contribution in [3.05, 3.63) is 59.7 Å². The number of phenolic OH excluding ortho intramolecular Hbond substituents is 1. The molecule has 4 nitrogen and oxygen atoms in total. The van der Waals surface area contributed by atoms with Gasteiger partial charge in [0.05, 0.1) is 0 Å². The largest absolute Gasteiger partial charge is 0.507 e. The highest BCUT2D eigenvalue weighted by molar-refractivity contribution is 5.42. The second kappa shape index (κ2) is 9.06. The summed E-state index contributed by atoms with van der Waals surface area (Å²) in [6, 6.07) is 16.1. The van der Waals surface area contributed by atoms with Crippen LogP contribution in [0.1, 0.15) is 37.4 Å². The van der Waals surface area contributed by atoms with E-state index in [9.17, 15) is 5.11 Å². The first-order valence-corrected chi connectivity index (χ1v) is 9.63. The van der Waals surface area contributed by atoms with E-state index in [4.69, 9.17) is 4.74 Å². The number of hydrogen-bond acceptors (Lipinski definition) is 4. The third-order valence-electron chi connectivity index (χ3n) is 5.30. The molecule has 0 aliphatic carbocycles. The lowest BCUT2D eigenvalue weighted by molar-refractivity contribution is 0.126. The molecule has 3 rings (SSSR count). The zero-order valence-electron chi connectivity index (χ0n) is 15.8. The summed E-state index contributed by atoms with van der Waals surface area (Å²) in [5.41, 5.74) is 2.13. The van der Waals surface area contributed by atoms with Gasteiger partial charge >= 0.3 is 0 Å². The van der Waals surface area contributed by atoms with E-state index in [-0.39, 0.29) is 6.04 Å². The summed E-state index contributed by atoms with van der Waals surface area (Å²) in [6.07, 6.45) is 1.08. The first-order valence-electron chi connectivity index (χ1n) is 9.63. The number of piperazine rings is 1. The van der Waals surface area contributed by atoms with Crippen LogP contribution in [0.3, 0.4) is 0 Å². The molecule has 0 amide bonds. The molecule has 2 N–H and O–H groups in total. The lowest BCUT2D eigenvalue weighted by atomic mass is 9.90. The summed E-state index contributed by atoms with van der Waals surface area (Å²) in [6.45, 7) is 9.03. The Labute approximate surface area is 156 Å². The molecule has 1 saturated heterocycles. The number of phenols is 1. The number of hydrogen-bond donors (Lipinski definition) is 2. The predicted octanol–water partition coefficient (Wildman–Crippen LogP) is 3.96. The van der Waals surface area contributed by atoms with Crippen LogP contribution in [0.5, 0.6) is 11.5 Å². The van der Waals surface area contributed by atoms with Crippen LogP contribution in [0.15, 0.2) is 48.5 Å². The van der Waals surface area contributed by atoms with Crippen molar-refractivity contribution in [2.24, 2.45) is 5.92 Å². The van der Waals surface area contributed by atoms with Crippen molar-refractivity contribution in [3.8, 4) is 11.5 Å². The van der Waals surface area contributed by atoms with Crippen LogP contribution in [0.4, 0.5) is 0 Å². The molecule has 2 aromatic carbocycles. The average Bonchev–Trinajstić information content (AvgIpc) is 2.69. The quantitative estimate of drug-likeness (QED) is 0.790. The van der Waals surface area contributed by atoms with Gasteiger partial charge in [-0.05, 0) is 17.5 Å². The van der Waals surface area contributed by atoms with Gasteiger partial charge in [-0.25, -0.2) is 0 Å². The minimum absolute atomic E-state index is 0.241. The molecule has 0 aromatic heterocycles. The van der Waals surface area contributed by atoms with Gasteiger partial charge in [-0.1, -0.05) is 56.7 Å². The number of aromatic hydroxyl groups is 1. The Morgan fingerprint density at radius 3 is 2.50 bits per heavy atom. The van der Waals surface area contributed by atoms with Crippen molar-refractivity contribution in [1.29, 1.82) is 0 Å². The molecular weight excluding hydrogens is 324 g/mol. The Kier molecular flexibility index (Phi) is 6.53. The number of nitrogens with zero attached hydrogens (tertiary/aromatic N) is 1. The van der Waals surface area contributed by atoms with Crippen molar-refractivity contribution >= 4 is 0 Å². The summed E-state index contributed by atoms with van der Waals surface area (Å²) in [5, 5.41) is 14.1. The Bertz CT molecular complexity index is 684. The standard InChI is InChI=1S/C22H30N2O2/c1-3-17(2)22(24-13-11-23-12-14-24)20-10-9-19(15-21(20)25)26-16-18-7-5-4-6-8-18/h4-10,15,17,22-23,25H,3,11-14,16H2,1-2H3/t17?,22-/m0/s1. The van der Waals surface area contributed by atoms with E-state index in [1.165, 1.54) is 0 Å². The van der Waals surface area contributed by atoms with Crippen molar-refractivity contribution in [1.82, 2.24) is 10.2 Å². The van der Waals surface area contributed by atoms with E-state index < -0.39 is 0 Å². The van der Waals surface area contributed by atoms with Gasteiger partial charge in [-0.15, -0.1) is 0 Å². The first-order chi connectivity index (χ1) is 12.7. The summed E-state index contributed by atoms with van der Waals surface area (Å²) >= 11 is 0. The summed E-state index contributed by atoms with van der Waals surface area (Å²) < 4.78 is 5.86. The van der Waals surface area contributed by atoms with Crippen LogP contribution in [0, 0.1) is 5.92 Å². The van der Waals surface area contributed by atoms with Crippen LogP contribution < -0.4 is 10.1 Å². The maximum Gasteiger partial charge on any atom is 0.124 e. The molecule has 0 saturated carbocycles. The monoisotopic (exact) mass is 354 g/mol. The molecule has 2 aromatic rings. The van der Waals surface area contributed by atoms with Crippen LogP contribution in [0.2, 0.25) is 0 Å². The van der Waals surface area contributed by atoms with Gasteiger partial charge in [-0.3, -0.25) is 4.90 Å². The molecule has 1 aliphatic rings. The SMILES string of the molecule is CCC(C)[C@@H](c1ccc(OCc2ccccc2)cc1O)N1CCNCC1. The first kappa shape index (κ1) is 18.7. The Balaban J connectivity index is 1.75. The molecule has 4 heteroatoms. The van der Waals surface area contributed by atoms with Crippen molar-refractivity contribution < 1.29 is 9.84 Å². The van der Waals surface area contributed by atoms with Gasteiger partial charge < -0.3 is 15.2 Å². The van der Waals surface area contributed by atoms with Crippen LogP contribution in [-0.4, -0.2) is 36.2 Å². The molecule has 2 atom stereocenters. The van der Waals surface area contributed by atoms with E-state index in [2.05, 4.69) is 24.1 Å². The topological polar surface area (TPSA) is 44.7 Å². The summed E-state index contributed by atoms with van der Waals surface area (Å²) in [5.74, 6) is 1.52. The number of nitrogens with one attached hydrogen (secondary N) is 1. The Morgan fingerprint density at radius 2 is 1.85 bits per heavy atom. The minimum Gasteiger partial charge on any atom is -0.507 e. The smallest absolute Gasteiger partial charge is 0.124 e. The van der Waals surface area contributed by atoms with Gasteiger partial charge in [0.25, 0.3) is 0 Å². The second-order valence-corrected chi connectivity index (χ2v) is 7.11. The number of rotatable bonds is 7. The second-order valence-electron chi connectivity index (χ2n) is 7.11. The van der Waals surface area contributed by atoms with E-state index in [1.54, 1.807) is 6.07 Å². The van der Waals surface area contributed by atoms with Crippen molar-refractivity contribution in [3.63, 3.8) is 0 Å². The third-order valence-corrected chi connectivity index (χ3v) is 5.30. The minimum atomic E-state index is 0.241. The highest BCUT2D eigenvalue weighted by atomic mass is 16.5. The molecule has 1 unspecified atom stereocenters. The molecule has 1 aliphatic heterocycles. The lowest BCUT2D eigenvalue weighted by Gasteiger charge is -2.38. The molecule has 26 heavy (non-hydrogen) atoms. The highest BCUT2D eigenvalue weighted by Gasteiger charge is 2.28. The van der Waals surface area contributed by atoms with Crippen LogP contribution in [-0.2, 0) is 6.61 Å². The zero-order chi connectivity index (χ0) is 18.4. The van der Waals surface area contributed by atoms with Gasteiger partial charge in [-0.2, -0.15) is 0 Å². The van der Waals surface area contributed by atoms with E-state index in [1.807, 2.05) is 42.5 Å². The Hall–Kier alpha value is -2.04. The van der Waals surface area contributed by atoms with Gasteiger partial charge in [0.2, 0.25) is 0 Å². The molecule has 0 bridgehead atoms. The molecule has 1 heterocycles. The van der Waals surface area contributed by atoms with Crippen molar-refractivity contribution in [2.75, 3.05) is 26.2 Å². The van der Waals surface area contributed by atoms with E-state index in [0.717, 1.165) is 43.7 Å². The van der Waals surface area contributed by atoms with E-state index >= 15 is 0 Å².